The molecule has 0 atom stereocenters. The summed E-state index contributed by atoms with van der Waals surface area (Å²) in [7, 11) is -3.49. The smallest absolute Gasteiger partial charge is 0.339 e. The van der Waals surface area contributed by atoms with Crippen LogP contribution in [0.5, 0.6) is 5.75 Å². The molecule has 1 aliphatic carbocycles. The van der Waals surface area contributed by atoms with Crippen LogP contribution in [0, 0.1) is 5.92 Å². The van der Waals surface area contributed by atoms with E-state index in [1.54, 1.807) is 0 Å². The average molecular weight is 285 g/mol. The zero-order valence-electron chi connectivity index (χ0n) is 10.4. The van der Waals surface area contributed by atoms with Gasteiger partial charge in [0.25, 0.3) is 0 Å². The number of ether oxygens (including phenoxy) is 1. The lowest BCUT2D eigenvalue weighted by Gasteiger charge is -2.14. The first-order valence-corrected chi connectivity index (χ1v) is 7.73. The van der Waals surface area contributed by atoms with Gasteiger partial charge in [-0.25, -0.2) is 13.2 Å². The van der Waals surface area contributed by atoms with Crippen LogP contribution in [0.2, 0.25) is 0 Å². The van der Waals surface area contributed by atoms with Crippen molar-refractivity contribution in [1.29, 1.82) is 0 Å². The molecule has 0 spiro atoms. The molecule has 0 aromatic heterocycles. The number of hydrogen-bond donors (Lipinski definition) is 2. The Morgan fingerprint density at radius 3 is 2.68 bits per heavy atom. The van der Waals surface area contributed by atoms with E-state index >= 15 is 0 Å². The molecule has 1 fully saturated rings. The number of benzene rings is 1. The number of carbonyl (C=O) groups is 1. The minimum absolute atomic E-state index is 0.0469. The first-order chi connectivity index (χ1) is 8.87. The second-order valence-electron chi connectivity index (χ2n) is 4.62. The van der Waals surface area contributed by atoms with E-state index < -0.39 is 16.0 Å². The Bertz CT molecular complexity index is 592. The van der Waals surface area contributed by atoms with Crippen molar-refractivity contribution in [3.05, 3.63) is 23.8 Å². The third-order valence-corrected chi connectivity index (χ3v) is 3.29. The van der Waals surface area contributed by atoms with Crippen molar-refractivity contribution in [2.75, 3.05) is 17.6 Å². The molecule has 1 aliphatic rings. The summed E-state index contributed by atoms with van der Waals surface area (Å²) in [5.41, 5.74) is 0.109. The third-order valence-electron chi connectivity index (χ3n) is 2.70. The van der Waals surface area contributed by atoms with Gasteiger partial charge >= 0.3 is 5.97 Å². The van der Waals surface area contributed by atoms with Crippen molar-refractivity contribution in [3.8, 4) is 5.75 Å². The zero-order chi connectivity index (χ0) is 14.0. The van der Waals surface area contributed by atoms with Gasteiger partial charge in [0.05, 0.1) is 18.6 Å². The van der Waals surface area contributed by atoms with Gasteiger partial charge in [0.2, 0.25) is 10.0 Å². The van der Waals surface area contributed by atoms with Gasteiger partial charge in [0.1, 0.15) is 5.56 Å². The number of rotatable bonds is 6. The molecule has 1 aromatic carbocycles. The van der Waals surface area contributed by atoms with Crippen LogP contribution in [0.3, 0.4) is 0 Å². The van der Waals surface area contributed by atoms with Gasteiger partial charge < -0.3 is 9.84 Å². The Morgan fingerprint density at radius 2 is 2.16 bits per heavy atom. The van der Waals surface area contributed by atoms with E-state index in [2.05, 4.69) is 4.72 Å². The molecule has 1 saturated carbocycles. The highest BCUT2D eigenvalue weighted by Crippen LogP contribution is 2.34. The molecule has 0 aliphatic heterocycles. The molecule has 0 saturated heterocycles. The van der Waals surface area contributed by atoms with E-state index in [0.29, 0.717) is 12.5 Å². The number of hydrogen-bond acceptors (Lipinski definition) is 4. The summed E-state index contributed by atoms with van der Waals surface area (Å²) >= 11 is 0. The largest absolute Gasteiger partial charge is 0.490 e. The molecule has 6 nitrogen and oxygen atoms in total. The molecule has 0 heterocycles. The van der Waals surface area contributed by atoms with Gasteiger partial charge in [-0.3, -0.25) is 4.72 Å². The fourth-order valence-electron chi connectivity index (χ4n) is 1.63. The quantitative estimate of drug-likeness (QED) is 0.827. The monoisotopic (exact) mass is 285 g/mol. The normalized spacial score (nSPS) is 15.0. The summed E-state index contributed by atoms with van der Waals surface area (Å²) in [5, 5.41) is 9.11. The van der Waals surface area contributed by atoms with Gasteiger partial charge in [0, 0.05) is 0 Å². The number of aromatic carboxylic acids is 1. The summed E-state index contributed by atoms with van der Waals surface area (Å²) in [5.74, 6) is -0.636. The fraction of sp³-hybridized carbons (Fsp3) is 0.417. The lowest BCUT2D eigenvalue weighted by molar-refractivity contribution is 0.0692. The van der Waals surface area contributed by atoms with Crippen molar-refractivity contribution < 1.29 is 23.1 Å². The maximum atomic E-state index is 11.3. The van der Waals surface area contributed by atoms with Crippen molar-refractivity contribution in [3.63, 3.8) is 0 Å². The van der Waals surface area contributed by atoms with Crippen LogP contribution in [0.25, 0.3) is 0 Å². The highest BCUT2D eigenvalue weighted by molar-refractivity contribution is 7.92. The molecule has 104 valence electrons. The molecule has 1 aromatic rings. The standard InChI is InChI=1S/C12H15NO5S/c1-19(16,17)13-10-4-2-3-9(12(14)15)11(10)18-7-8-5-6-8/h2-4,8,13H,5-7H2,1H3,(H,14,15). The highest BCUT2D eigenvalue weighted by atomic mass is 32.2. The summed E-state index contributed by atoms with van der Waals surface area (Å²) in [6.07, 6.45) is 3.12. The predicted octanol–water partition coefficient (Wildman–Crippen LogP) is 1.55. The summed E-state index contributed by atoms with van der Waals surface area (Å²) in [6, 6.07) is 4.34. The van der Waals surface area contributed by atoms with E-state index in [0.717, 1.165) is 19.1 Å². The van der Waals surface area contributed by atoms with E-state index in [1.807, 2.05) is 0 Å². The van der Waals surface area contributed by atoms with Crippen molar-refractivity contribution in [1.82, 2.24) is 0 Å². The van der Waals surface area contributed by atoms with E-state index in [9.17, 15) is 13.2 Å². The van der Waals surface area contributed by atoms with Gasteiger partial charge in [-0.15, -0.1) is 0 Å². The molecule has 0 radical (unpaired) electrons. The first kappa shape index (κ1) is 13.7. The third kappa shape index (κ3) is 3.85. The van der Waals surface area contributed by atoms with Gasteiger partial charge in [-0.1, -0.05) is 6.07 Å². The van der Waals surface area contributed by atoms with Crippen LogP contribution in [-0.4, -0.2) is 32.4 Å². The van der Waals surface area contributed by atoms with E-state index in [4.69, 9.17) is 9.84 Å². The Labute approximate surface area is 111 Å². The summed E-state index contributed by atoms with van der Waals surface area (Å²) in [4.78, 5) is 11.1. The minimum atomic E-state index is -3.49. The fourth-order valence-corrected chi connectivity index (χ4v) is 2.19. The number of carboxylic acids is 1. The minimum Gasteiger partial charge on any atom is -0.490 e. The van der Waals surface area contributed by atoms with Crippen LogP contribution in [-0.2, 0) is 10.0 Å². The second kappa shape index (κ2) is 5.08. The number of nitrogens with one attached hydrogen (secondary N) is 1. The molecule has 7 heteroatoms. The zero-order valence-corrected chi connectivity index (χ0v) is 11.2. The summed E-state index contributed by atoms with van der Waals surface area (Å²) < 4.78 is 30.3. The lowest BCUT2D eigenvalue weighted by Crippen LogP contribution is -2.13. The molecule has 0 bridgehead atoms. The molecule has 2 rings (SSSR count). The van der Waals surface area contributed by atoms with Gasteiger partial charge in [0.15, 0.2) is 5.75 Å². The Hall–Kier alpha value is -1.76. The lowest BCUT2D eigenvalue weighted by atomic mass is 10.2. The highest BCUT2D eigenvalue weighted by Gasteiger charge is 2.24. The predicted molar refractivity (Wildman–Crippen MR) is 70.1 cm³/mol. The van der Waals surface area contributed by atoms with E-state index in [-0.39, 0.29) is 17.0 Å². The SMILES string of the molecule is CS(=O)(=O)Nc1cccc(C(=O)O)c1OCC1CC1. The first-order valence-electron chi connectivity index (χ1n) is 5.83. The van der Waals surface area contributed by atoms with Crippen LogP contribution < -0.4 is 9.46 Å². The van der Waals surface area contributed by atoms with Crippen molar-refractivity contribution in [2.45, 2.75) is 12.8 Å². The van der Waals surface area contributed by atoms with Crippen LogP contribution in [0.1, 0.15) is 23.2 Å². The Kier molecular flexibility index (Phi) is 3.66. The molecule has 0 unspecified atom stereocenters. The molecule has 0 amide bonds. The molecule has 19 heavy (non-hydrogen) atoms. The molecule has 2 N–H and O–H groups in total. The molecular weight excluding hydrogens is 270 g/mol. The number of para-hydroxylation sites is 1. The maximum Gasteiger partial charge on any atom is 0.339 e. The van der Waals surface area contributed by atoms with Crippen LogP contribution >= 0.6 is 0 Å². The van der Waals surface area contributed by atoms with E-state index in [1.165, 1.54) is 18.2 Å². The number of sulfonamides is 1. The Morgan fingerprint density at radius 1 is 1.47 bits per heavy atom. The van der Waals surface area contributed by atoms with Crippen molar-refractivity contribution in [2.24, 2.45) is 5.92 Å². The second-order valence-corrected chi connectivity index (χ2v) is 6.36. The topological polar surface area (TPSA) is 92.7 Å². The van der Waals surface area contributed by atoms with Gasteiger partial charge in [-0.2, -0.15) is 0 Å². The number of carboxylic acid groups (broad SMARTS) is 1. The maximum absolute atomic E-state index is 11.3. The van der Waals surface area contributed by atoms with Crippen LogP contribution in [0.4, 0.5) is 5.69 Å². The van der Waals surface area contributed by atoms with Gasteiger partial charge in [-0.05, 0) is 30.9 Å². The van der Waals surface area contributed by atoms with Crippen molar-refractivity contribution >= 4 is 21.7 Å². The molecular formula is C12H15NO5S. The summed E-state index contributed by atoms with van der Waals surface area (Å²) in [6.45, 7) is 0.405. The van der Waals surface area contributed by atoms with Crippen LogP contribution in [0.15, 0.2) is 18.2 Å². The number of anilines is 1. The Balaban J connectivity index is 2.33. The average Bonchev–Trinajstić information content (AvgIpc) is 3.08.